The molecule has 0 saturated carbocycles. The number of phenolic OH excluding ortho intramolecular Hbond substituents is 1. The van der Waals surface area contributed by atoms with Gasteiger partial charge in [0.15, 0.2) is 0 Å². The van der Waals surface area contributed by atoms with Gasteiger partial charge in [0.1, 0.15) is 5.75 Å². The number of benzene rings is 1. The Bertz CT molecular complexity index is 388. The smallest absolute Gasteiger partial charge is 0.221 e. The standard InChI is InChI=1S/C15H24N2O2/c1-4-14(12-5-7-13(18)8-6-12)16-10-9-15(19)17-11(2)3/h5-8,11,14,16,18H,4,9-10H2,1-3H3,(H,17,19). The highest BCUT2D eigenvalue weighted by Crippen LogP contribution is 2.19. The van der Waals surface area contributed by atoms with Gasteiger partial charge in [-0.1, -0.05) is 19.1 Å². The summed E-state index contributed by atoms with van der Waals surface area (Å²) in [5.41, 5.74) is 1.13. The van der Waals surface area contributed by atoms with Gasteiger partial charge in [0.05, 0.1) is 0 Å². The number of carbonyl (C=O) groups excluding carboxylic acids is 1. The van der Waals surface area contributed by atoms with E-state index in [1.165, 1.54) is 0 Å². The molecule has 4 nitrogen and oxygen atoms in total. The molecule has 0 aliphatic rings. The normalized spacial score (nSPS) is 12.4. The molecule has 1 unspecified atom stereocenters. The summed E-state index contributed by atoms with van der Waals surface area (Å²) in [5.74, 6) is 0.345. The molecule has 1 amide bonds. The van der Waals surface area contributed by atoms with Gasteiger partial charge < -0.3 is 15.7 Å². The highest BCUT2D eigenvalue weighted by molar-refractivity contribution is 5.76. The van der Waals surface area contributed by atoms with Gasteiger partial charge in [-0.05, 0) is 38.0 Å². The van der Waals surface area contributed by atoms with E-state index in [1.54, 1.807) is 12.1 Å². The molecule has 106 valence electrons. The molecule has 0 fully saturated rings. The number of hydrogen-bond acceptors (Lipinski definition) is 3. The summed E-state index contributed by atoms with van der Waals surface area (Å²) >= 11 is 0. The summed E-state index contributed by atoms with van der Waals surface area (Å²) in [4.78, 5) is 11.5. The molecule has 3 N–H and O–H groups in total. The molecule has 0 radical (unpaired) electrons. The Labute approximate surface area is 115 Å². The maximum atomic E-state index is 11.5. The zero-order valence-corrected chi connectivity index (χ0v) is 11.9. The van der Waals surface area contributed by atoms with Crippen LogP contribution in [0.4, 0.5) is 0 Å². The minimum absolute atomic E-state index is 0.0723. The summed E-state index contributed by atoms with van der Waals surface area (Å²) in [6.07, 6.45) is 1.42. The van der Waals surface area contributed by atoms with Crippen LogP contribution in [0.1, 0.15) is 45.2 Å². The number of nitrogens with one attached hydrogen (secondary N) is 2. The highest BCUT2D eigenvalue weighted by atomic mass is 16.3. The number of rotatable bonds is 7. The van der Waals surface area contributed by atoms with E-state index in [-0.39, 0.29) is 23.7 Å². The first kappa shape index (κ1) is 15.5. The Morgan fingerprint density at radius 3 is 2.42 bits per heavy atom. The van der Waals surface area contributed by atoms with E-state index >= 15 is 0 Å². The van der Waals surface area contributed by atoms with Crippen LogP contribution in [0, 0.1) is 0 Å². The fourth-order valence-electron chi connectivity index (χ4n) is 1.96. The Balaban J connectivity index is 2.41. The quantitative estimate of drug-likeness (QED) is 0.708. The number of phenols is 1. The lowest BCUT2D eigenvalue weighted by Crippen LogP contribution is -2.33. The second kappa shape index (κ2) is 7.79. The molecule has 0 heterocycles. The number of amides is 1. The van der Waals surface area contributed by atoms with Crippen LogP contribution in [0.25, 0.3) is 0 Å². The molecule has 0 spiro atoms. The monoisotopic (exact) mass is 264 g/mol. The predicted molar refractivity (Wildman–Crippen MR) is 77.0 cm³/mol. The summed E-state index contributed by atoms with van der Waals surface area (Å²) in [5, 5.41) is 15.5. The van der Waals surface area contributed by atoms with Gasteiger partial charge in [-0.15, -0.1) is 0 Å². The zero-order chi connectivity index (χ0) is 14.3. The molecule has 1 atom stereocenters. The third-order valence-electron chi connectivity index (χ3n) is 2.90. The van der Waals surface area contributed by atoms with Gasteiger partial charge in [0, 0.05) is 25.0 Å². The minimum atomic E-state index is 0.0723. The van der Waals surface area contributed by atoms with E-state index in [1.807, 2.05) is 26.0 Å². The first-order chi connectivity index (χ1) is 9.02. The highest BCUT2D eigenvalue weighted by Gasteiger charge is 2.09. The Morgan fingerprint density at radius 2 is 1.89 bits per heavy atom. The molecule has 0 saturated heterocycles. The molecule has 1 aromatic rings. The maximum Gasteiger partial charge on any atom is 0.221 e. The summed E-state index contributed by atoms with van der Waals surface area (Å²) in [6.45, 7) is 6.66. The Kier molecular flexibility index (Phi) is 6.36. The van der Waals surface area contributed by atoms with Crippen LogP contribution >= 0.6 is 0 Å². The predicted octanol–water partition coefficient (Wildman–Crippen LogP) is 2.35. The summed E-state index contributed by atoms with van der Waals surface area (Å²) < 4.78 is 0. The van der Waals surface area contributed by atoms with Gasteiger partial charge in [0.2, 0.25) is 5.91 Å². The van der Waals surface area contributed by atoms with E-state index in [0.717, 1.165) is 12.0 Å². The number of carbonyl (C=O) groups is 1. The molecule has 0 bridgehead atoms. The molecule has 1 aromatic carbocycles. The van der Waals surface area contributed by atoms with Gasteiger partial charge >= 0.3 is 0 Å². The third kappa shape index (κ3) is 5.75. The van der Waals surface area contributed by atoms with Crippen LogP contribution in [0.15, 0.2) is 24.3 Å². The van der Waals surface area contributed by atoms with Crippen LogP contribution in [-0.2, 0) is 4.79 Å². The van der Waals surface area contributed by atoms with Crippen molar-refractivity contribution < 1.29 is 9.90 Å². The van der Waals surface area contributed by atoms with Crippen LogP contribution in [0.2, 0.25) is 0 Å². The molecule has 19 heavy (non-hydrogen) atoms. The minimum Gasteiger partial charge on any atom is -0.508 e. The van der Waals surface area contributed by atoms with Crippen molar-refractivity contribution in [2.24, 2.45) is 0 Å². The number of aromatic hydroxyl groups is 1. The van der Waals surface area contributed by atoms with Crippen molar-refractivity contribution in [3.63, 3.8) is 0 Å². The molecular weight excluding hydrogens is 240 g/mol. The van der Waals surface area contributed by atoms with E-state index in [4.69, 9.17) is 0 Å². The largest absolute Gasteiger partial charge is 0.508 e. The van der Waals surface area contributed by atoms with Crippen molar-refractivity contribution >= 4 is 5.91 Å². The summed E-state index contributed by atoms with van der Waals surface area (Å²) in [7, 11) is 0. The first-order valence-corrected chi connectivity index (χ1v) is 6.84. The lowest BCUT2D eigenvalue weighted by atomic mass is 10.0. The Morgan fingerprint density at radius 1 is 1.26 bits per heavy atom. The van der Waals surface area contributed by atoms with Crippen molar-refractivity contribution in [3.8, 4) is 5.75 Å². The molecule has 0 aliphatic heterocycles. The van der Waals surface area contributed by atoms with Crippen molar-refractivity contribution in [2.75, 3.05) is 6.54 Å². The van der Waals surface area contributed by atoms with Crippen molar-refractivity contribution in [3.05, 3.63) is 29.8 Å². The van der Waals surface area contributed by atoms with Gasteiger partial charge in [-0.25, -0.2) is 0 Å². The van der Waals surface area contributed by atoms with E-state index in [2.05, 4.69) is 17.6 Å². The van der Waals surface area contributed by atoms with Crippen LogP contribution < -0.4 is 10.6 Å². The SMILES string of the molecule is CCC(NCCC(=O)NC(C)C)c1ccc(O)cc1. The topological polar surface area (TPSA) is 61.4 Å². The van der Waals surface area contributed by atoms with Crippen molar-refractivity contribution in [2.45, 2.75) is 45.7 Å². The van der Waals surface area contributed by atoms with Crippen LogP contribution in [0.3, 0.4) is 0 Å². The lowest BCUT2D eigenvalue weighted by molar-refractivity contribution is -0.121. The fourth-order valence-corrected chi connectivity index (χ4v) is 1.96. The van der Waals surface area contributed by atoms with E-state index in [0.29, 0.717) is 13.0 Å². The Hall–Kier alpha value is -1.55. The lowest BCUT2D eigenvalue weighted by Gasteiger charge is -2.17. The van der Waals surface area contributed by atoms with Crippen molar-refractivity contribution in [1.29, 1.82) is 0 Å². The average Bonchev–Trinajstić information content (AvgIpc) is 2.35. The second-order valence-electron chi connectivity index (χ2n) is 4.98. The van der Waals surface area contributed by atoms with Crippen LogP contribution in [0.5, 0.6) is 5.75 Å². The third-order valence-corrected chi connectivity index (χ3v) is 2.90. The van der Waals surface area contributed by atoms with Gasteiger partial charge in [0.25, 0.3) is 0 Å². The van der Waals surface area contributed by atoms with Crippen molar-refractivity contribution in [1.82, 2.24) is 10.6 Å². The maximum absolute atomic E-state index is 11.5. The molecule has 4 heteroatoms. The molecule has 0 aliphatic carbocycles. The second-order valence-corrected chi connectivity index (χ2v) is 4.98. The molecular formula is C15H24N2O2. The van der Waals surface area contributed by atoms with Gasteiger partial charge in [-0.3, -0.25) is 4.79 Å². The first-order valence-electron chi connectivity index (χ1n) is 6.84. The number of hydrogen-bond donors (Lipinski definition) is 3. The fraction of sp³-hybridized carbons (Fsp3) is 0.533. The van der Waals surface area contributed by atoms with E-state index in [9.17, 15) is 9.90 Å². The van der Waals surface area contributed by atoms with Gasteiger partial charge in [-0.2, -0.15) is 0 Å². The zero-order valence-electron chi connectivity index (χ0n) is 11.9. The molecule has 0 aromatic heterocycles. The molecule has 1 rings (SSSR count). The average molecular weight is 264 g/mol. The van der Waals surface area contributed by atoms with Crippen LogP contribution in [-0.4, -0.2) is 23.6 Å². The summed E-state index contributed by atoms with van der Waals surface area (Å²) in [6, 6.07) is 7.59. The van der Waals surface area contributed by atoms with E-state index < -0.39 is 0 Å².